The Bertz CT molecular complexity index is 205. The molecule has 0 aliphatic heterocycles. The molecule has 0 bridgehead atoms. The van der Waals surface area contributed by atoms with Crippen molar-refractivity contribution in [3.8, 4) is 0 Å². The van der Waals surface area contributed by atoms with Gasteiger partial charge < -0.3 is 10.6 Å². The second-order valence-corrected chi connectivity index (χ2v) is 6.20. The summed E-state index contributed by atoms with van der Waals surface area (Å²) in [6.07, 6.45) is 10.9. The lowest BCUT2D eigenvalue weighted by molar-refractivity contribution is 0.113. The molecule has 2 nitrogen and oxygen atoms in total. The summed E-state index contributed by atoms with van der Waals surface area (Å²) >= 11 is 0. The Kier molecular flexibility index (Phi) is 7.92. The first kappa shape index (κ1) is 16.0. The molecule has 1 rings (SSSR count). The van der Waals surface area contributed by atoms with Crippen LogP contribution in [0.1, 0.15) is 65.2 Å². The Morgan fingerprint density at radius 2 is 1.94 bits per heavy atom. The van der Waals surface area contributed by atoms with Crippen molar-refractivity contribution < 1.29 is 0 Å². The van der Waals surface area contributed by atoms with Gasteiger partial charge in [0.15, 0.2) is 0 Å². The maximum Gasteiger partial charge on any atom is 0.0133 e. The Balaban J connectivity index is 2.42. The van der Waals surface area contributed by atoms with E-state index >= 15 is 0 Å². The maximum atomic E-state index is 5.95. The average Bonchev–Trinajstić information content (AvgIpc) is 2.43. The van der Waals surface area contributed by atoms with Crippen LogP contribution >= 0.6 is 0 Å². The van der Waals surface area contributed by atoms with E-state index in [9.17, 15) is 0 Å². The van der Waals surface area contributed by atoms with E-state index in [1.165, 1.54) is 57.9 Å². The van der Waals surface area contributed by atoms with E-state index in [0.29, 0.717) is 0 Å². The highest BCUT2D eigenvalue weighted by atomic mass is 15.1. The molecule has 0 spiro atoms. The van der Waals surface area contributed by atoms with Crippen LogP contribution in [-0.2, 0) is 0 Å². The molecule has 3 unspecified atom stereocenters. The average molecular weight is 254 g/mol. The molecule has 0 aromatic carbocycles. The van der Waals surface area contributed by atoms with E-state index in [2.05, 4.69) is 25.8 Å². The minimum absolute atomic E-state index is 0.743. The minimum Gasteiger partial charge on any atom is -0.330 e. The van der Waals surface area contributed by atoms with E-state index in [1.807, 2.05) is 0 Å². The van der Waals surface area contributed by atoms with Crippen LogP contribution in [0.2, 0.25) is 0 Å². The smallest absolute Gasteiger partial charge is 0.0133 e. The minimum atomic E-state index is 0.743. The molecule has 0 aromatic heterocycles. The molecular weight excluding hydrogens is 220 g/mol. The van der Waals surface area contributed by atoms with Gasteiger partial charge in [0.25, 0.3) is 0 Å². The van der Waals surface area contributed by atoms with Crippen LogP contribution in [0.3, 0.4) is 0 Å². The van der Waals surface area contributed by atoms with Crippen molar-refractivity contribution in [1.82, 2.24) is 4.90 Å². The second-order valence-electron chi connectivity index (χ2n) is 6.20. The summed E-state index contributed by atoms with van der Waals surface area (Å²) in [6, 6.07) is 0.749. The predicted molar refractivity (Wildman–Crippen MR) is 80.7 cm³/mol. The summed E-state index contributed by atoms with van der Waals surface area (Å²) < 4.78 is 0. The first-order valence-corrected chi connectivity index (χ1v) is 8.13. The first-order chi connectivity index (χ1) is 8.72. The molecule has 0 amide bonds. The zero-order chi connectivity index (χ0) is 13.4. The van der Waals surface area contributed by atoms with Crippen molar-refractivity contribution in [2.24, 2.45) is 17.6 Å². The van der Waals surface area contributed by atoms with Crippen LogP contribution in [0, 0.1) is 11.8 Å². The van der Waals surface area contributed by atoms with Gasteiger partial charge in [-0.25, -0.2) is 0 Å². The molecule has 1 fully saturated rings. The van der Waals surface area contributed by atoms with Crippen LogP contribution in [0.5, 0.6) is 0 Å². The van der Waals surface area contributed by atoms with Gasteiger partial charge in [0.2, 0.25) is 0 Å². The summed E-state index contributed by atoms with van der Waals surface area (Å²) in [5.41, 5.74) is 5.95. The normalized spacial score (nSPS) is 26.5. The molecule has 0 heterocycles. The van der Waals surface area contributed by atoms with E-state index in [4.69, 9.17) is 5.73 Å². The molecule has 18 heavy (non-hydrogen) atoms. The zero-order valence-electron chi connectivity index (χ0n) is 12.8. The Hall–Kier alpha value is -0.0800. The van der Waals surface area contributed by atoms with Crippen molar-refractivity contribution >= 4 is 0 Å². The number of hydrogen-bond acceptors (Lipinski definition) is 2. The van der Waals surface area contributed by atoms with E-state index in [-0.39, 0.29) is 0 Å². The molecule has 2 N–H and O–H groups in total. The van der Waals surface area contributed by atoms with Gasteiger partial charge in [-0.2, -0.15) is 0 Å². The van der Waals surface area contributed by atoms with Gasteiger partial charge in [0, 0.05) is 12.6 Å². The summed E-state index contributed by atoms with van der Waals surface area (Å²) in [4.78, 5) is 2.63. The first-order valence-electron chi connectivity index (χ1n) is 8.13. The van der Waals surface area contributed by atoms with Gasteiger partial charge in [0.1, 0.15) is 0 Å². The molecule has 108 valence electrons. The van der Waals surface area contributed by atoms with Crippen molar-refractivity contribution in [3.63, 3.8) is 0 Å². The van der Waals surface area contributed by atoms with Gasteiger partial charge in [-0.05, 0) is 44.7 Å². The van der Waals surface area contributed by atoms with Crippen LogP contribution in [-0.4, -0.2) is 31.1 Å². The monoisotopic (exact) mass is 254 g/mol. The lowest BCUT2D eigenvalue weighted by atomic mass is 9.83. The lowest BCUT2D eigenvalue weighted by Crippen LogP contribution is -2.44. The van der Waals surface area contributed by atoms with Crippen LogP contribution < -0.4 is 5.73 Å². The number of rotatable bonds is 8. The van der Waals surface area contributed by atoms with Crippen LogP contribution in [0.15, 0.2) is 0 Å². The lowest BCUT2D eigenvalue weighted by Gasteiger charge is -2.39. The Labute approximate surface area is 114 Å². The summed E-state index contributed by atoms with van der Waals surface area (Å²) in [5.74, 6) is 1.63. The fourth-order valence-electron chi connectivity index (χ4n) is 3.50. The largest absolute Gasteiger partial charge is 0.330 e. The molecule has 1 aliphatic rings. The molecule has 1 aliphatic carbocycles. The van der Waals surface area contributed by atoms with Gasteiger partial charge in [0.05, 0.1) is 0 Å². The van der Waals surface area contributed by atoms with Crippen molar-refractivity contribution in [2.45, 2.75) is 71.3 Å². The molecule has 1 saturated carbocycles. The fourth-order valence-corrected chi connectivity index (χ4v) is 3.50. The molecular formula is C16H34N2. The van der Waals surface area contributed by atoms with Crippen molar-refractivity contribution in [2.75, 3.05) is 20.1 Å². The number of nitrogens with zero attached hydrogens (tertiary/aromatic N) is 1. The quantitative estimate of drug-likeness (QED) is 0.716. The van der Waals surface area contributed by atoms with Gasteiger partial charge in [-0.15, -0.1) is 0 Å². The zero-order valence-corrected chi connectivity index (χ0v) is 12.8. The Morgan fingerprint density at radius 1 is 1.22 bits per heavy atom. The van der Waals surface area contributed by atoms with Crippen molar-refractivity contribution in [3.05, 3.63) is 0 Å². The number of unbranched alkanes of at least 4 members (excludes halogenated alkanes) is 1. The SMILES string of the molecule is CCCCC(CC)CN(C)C1CCCCC1CN. The molecule has 0 aromatic rings. The summed E-state index contributed by atoms with van der Waals surface area (Å²) in [7, 11) is 2.33. The van der Waals surface area contributed by atoms with Gasteiger partial charge in [-0.1, -0.05) is 46.0 Å². The van der Waals surface area contributed by atoms with E-state index in [1.54, 1.807) is 0 Å². The number of hydrogen-bond donors (Lipinski definition) is 1. The standard InChI is InChI=1S/C16H34N2/c1-4-6-9-14(5-2)13-18(3)16-11-8-7-10-15(16)12-17/h14-16H,4-13,17H2,1-3H3. The predicted octanol–water partition coefficient (Wildman–Crippen LogP) is 3.65. The third-order valence-electron chi connectivity index (χ3n) is 4.83. The number of nitrogens with two attached hydrogens (primary N) is 1. The second kappa shape index (κ2) is 8.92. The molecule has 2 heteroatoms. The van der Waals surface area contributed by atoms with Gasteiger partial charge in [-0.3, -0.25) is 0 Å². The summed E-state index contributed by atoms with van der Waals surface area (Å²) in [6.45, 7) is 6.79. The van der Waals surface area contributed by atoms with E-state index in [0.717, 1.165) is 24.4 Å². The topological polar surface area (TPSA) is 29.3 Å². The third-order valence-corrected chi connectivity index (χ3v) is 4.83. The van der Waals surface area contributed by atoms with E-state index < -0.39 is 0 Å². The Morgan fingerprint density at radius 3 is 2.56 bits per heavy atom. The highest BCUT2D eigenvalue weighted by Gasteiger charge is 2.27. The molecule has 3 atom stereocenters. The van der Waals surface area contributed by atoms with Crippen LogP contribution in [0.4, 0.5) is 0 Å². The molecule has 0 radical (unpaired) electrons. The van der Waals surface area contributed by atoms with Crippen molar-refractivity contribution in [1.29, 1.82) is 0 Å². The maximum absolute atomic E-state index is 5.95. The van der Waals surface area contributed by atoms with Crippen LogP contribution in [0.25, 0.3) is 0 Å². The summed E-state index contributed by atoms with van der Waals surface area (Å²) in [5, 5.41) is 0. The van der Waals surface area contributed by atoms with Gasteiger partial charge >= 0.3 is 0 Å². The molecule has 0 saturated heterocycles. The highest BCUT2D eigenvalue weighted by molar-refractivity contribution is 4.83. The third kappa shape index (κ3) is 4.89. The highest BCUT2D eigenvalue weighted by Crippen LogP contribution is 2.28. The fraction of sp³-hybridized carbons (Fsp3) is 1.00.